The van der Waals surface area contributed by atoms with Crippen molar-refractivity contribution >= 4 is 17.5 Å². The molecule has 2 aromatic carbocycles. The SMILES string of the molecule is CN(C)C(=O)COc1ccc(NC(=O)C2CCCc3ccccc32)cc1. The van der Waals surface area contributed by atoms with Gasteiger partial charge in [-0.25, -0.2) is 0 Å². The zero-order valence-corrected chi connectivity index (χ0v) is 15.2. The minimum absolute atomic E-state index is 0.00242. The summed E-state index contributed by atoms with van der Waals surface area (Å²) in [7, 11) is 3.38. The number of rotatable bonds is 5. The molecule has 0 fully saturated rings. The van der Waals surface area contributed by atoms with Gasteiger partial charge in [-0.3, -0.25) is 9.59 Å². The summed E-state index contributed by atoms with van der Waals surface area (Å²) in [6, 6.07) is 15.3. The summed E-state index contributed by atoms with van der Waals surface area (Å²) in [5.74, 6) is 0.418. The molecule has 2 aromatic rings. The molecule has 3 rings (SSSR count). The lowest BCUT2D eigenvalue weighted by molar-refractivity contribution is -0.130. The number of hydrogen-bond donors (Lipinski definition) is 1. The van der Waals surface area contributed by atoms with Crippen LogP contribution < -0.4 is 10.1 Å². The van der Waals surface area contributed by atoms with Crippen molar-refractivity contribution in [2.75, 3.05) is 26.0 Å². The molecule has 0 saturated carbocycles. The average molecular weight is 352 g/mol. The van der Waals surface area contributed by atoms with Crippen molar-refractivity contribution < 1.29 is 14.3 Å². The maximum Gasteiger partial charge on any atom is 0.259 e. The van der Waals surface area contributed by atoms with Gasteiger partial charge in [-0.05, 0) is 54.7 Å². The van der Waals surface area contributed by atoms with Crippen LogP contribution in [0, 0.1) is 0 Å². The first kappa shape index (κ1) is 18.0. The van der Waals surface area contributed by atoms with E-state index in [1.807, 2.05) is 12.1 Å². The molecule has 1 unspecified atom stereocenters. The van der Waals surface area contributed by atoms with Crippen LogP contribution in [0.3, 0.4) is 0 Å². The maximum absolute atomic E-state index is 12.7. The number of amides is 2. The lowest BCUT2D eigenvalue weighted by Gasteiger charge is -2.24. The summed E-state index contributed by atoms with van der Waals surface area (Å²) in [5, 5.41) is 2.99. The number of ether oxygens (including phenoxy) is 1. The fraction of sp³-hybridized carbons (Fsp3) is 0.333. The number of fused-ring (bicyclic) bond motifs is 1. The van der Waals surface area contributed by atoms with Crippen LogP contribution in [0.2, 0.25) is 0 Å². The number of nitrogens with one attached hydrogen (secondary N) is 1. The van der Waals surface area contributed by atoms with Crippen molar-refractivity contribution in [3.05, 3.63) is 59.7 Å². The predicted octanol–water partition coefficient (Wildman–Crippen LogP) is 3.21. The molecule has 0 aromatic heterocycles. The Morgan fingerprint density at radius 2 is 1.85 bits per heavy atom. The molecule has 5 nitrogen and oxygen atoms in total. The molecule has 1 atom stereocenters. The van der Waals surface area contributed by atoms with Crippen molar-refractivity contribution in [1.29, 1.82) is 0 Å². The Morgan fingerprint density at radius 3 is 2.58 bits per heavy atom. The summed E-state index contributed by atoms with van der Waals surface area (Å²) < 4.78 is 5.45. The van der Waals surface area contributed by atoms with Crippen LogP contribution >= 0.6 is 0 Å². The van der Waals surface area contributed by atoms with Gasteiger partial charge >= 0.3 is 0 Å². The lowest BCUT2D eigenvalue weighted by atomic mass is 9.82. The van der Waals surface area contributed by atoms with Gasteiger partial charge in [0.2, 0.25) is 5.91 Å². The average Bonchev–Trinajstić information content (AvgIpc) is 2.66. The van der Waals surface area contributed by atoms with E-state index in [4.69, 9.17) is 4.74 Å². The molecule has 2 amide bonds. The highest BCUT2D eigenvalue weighted by molar-refractivity contribution is 5.96. The van der Waals surface area contributed by atoms with Gasteiger partial charge in [0.1, 0.15) is 5.75 Å². The third-order valence-corrected chi connectivity index (χ3v) is 4.67. The van der Waals surface area contributed by atoms with E-state index in [0.29, 0.717) is 5.75 Å². The van der Waals surface area contributed by atoms with E-state index >= 15 is 0 Å². The fourth-order valence-electron chi connectivity index (χ4n) is 3.16. The fourth-order valence-corrected chi connectivity index (χ4v) is 3.16. The molecule has 26 heavy (non-hydrogen) atoms. The van der Waals surface area contributed by atoms with Gasteiger partial charge in [0, 0.05) is 19.8 Å². The Bertz CT molecular complexity index is 784. The summed E-state index contributed by atoms with van der Waals surface area (Å²) in [6.07, 6.45) is 2.94. The van der Waals surface area contributed by atoms with Gasteiger partial charge in [0.05, 0.1) is 5.92 Å². The molecular weight excluding hydrogens is 328 g/mol. The standard InChI is InChI=1S/C21H24N2O3/c1-23(2)20(24)14-26-17-12-10-16(11-13-17)22-21(25)19-9-5-7-15-6-3-4-8-18(15)19/h3-4,6,8,10-13,19H,5,7,9,14H2,1-2H3,(H,22,25). The summed E-state index contributed by atoms with van der Waals surface area (Å²) in [4.78, 5) is 25.7. The summed E-state index contributed by atoms with van der Waals surface area (Å²) in [6.45, 7) is -0.00242. The first-order chi connectivity index (χ1) is 12.5. The van der Waals surface area contributed by atoms with Gasteiger partial charge in [0.25, 0.3) is 5.91 Å². The van der Waals surface area contributed by atoms with E-state index in [0.717, 1.165) is 30.5 Å². The molecule has 0 aliphatic heterocycles. The molecule has 136 valence electrons. The van der Waals surface area contributed by atoms with Crippen molar-refractivity contribution in [1.82, 2.24) is 4.90 Å². The number of likely N-dealkylation sites (N-methyl/N-ethyl adjacent to an activating group) is 1. The maximum atomic E-state index is 12.7. The second kappa shape index (κ2) is 8.04. The van der Waals surface area contributed by atoms with Crippen molar-refractivity contribution in [2.45, 2.75) is 25.2 Å². The summed E-state index contributed by atoms with van der Waals surface area (Å²) in [5.41, 5.74) is 3.14. The molecule has 0 bridgehead atoms. The monoisotopic (exact) mass is 352 g/mol. The normalized spacial score (nSPS) is 15.7. The highest BCUT2D eigenvalue weighted by atomic mass is 16.5. The van der Waals surface area contributed by atoms with Crippen LogP contribution in [0.15, 0.2) is 48.5 Å². The molecule has 0 spiro atoms. The second-order valence-corrected chi connectivity index (χ2v) is 6.73. The molecule has 0 radical (unpaired) electrons. The molecule has 1 aliphatic carbocycles. The Balaban J connectivity index is 1.61. The topological polar surface area (TPSA) is 58.6 Å². The molecule has 0 heterocycles. The Morgan fingerprint density at radius 1 is 1.12 bits per heavy atom. The molecule has 1 N–H and O–H groups in total. The van der Waals surface area contributed by atoms with Crippen molar-refractivity contribution in [3.8, 4) is 5.75 Å². The van der Waals surface area contributed by atoms with Crippen LogP contribution in [-0.4, -0.2) is 37.4 Å². The van der Waals surface area contributed by atoms with Crippen LogP contribution in [0.5, 0.6) is 5.75 Å². The second-order valence-electron chi connectivity index (χ2n) is 6.73. The van der Waals surface area contributed by atoms with Gasteiger partial charge in [-0.1, -0.05) is 24.3 Å². The van der Waals surface area contributed by atoms with E-state index in [2.05, 4.69) is 17.4 Å². The highest BCUT2D eigenvalue weighted by Gasteiger charge is 2.26. The van der Waals surface area contributed by atoms with Crippen LogP contribution in [-0.2, 0) is 16.0 Å². The largest absolute Gasteiger partial charge is 0.484 e. The number of carbonyl (C=O) groups is 2. The Labute approximate surface area is 154 Å². The van der Waals surface area contributed by atoms with Gasteiger partial charge in [-0.2, -0.15) is 0 Å². The molecule has 5 heteroatoms. The quantitative estimate of drug-likeness (QED) is 0.899. The number of hydrogen-bond acceptors (Lipinski definition) is 3. The molecule has 1 aliphatic rings. The highest BCUT2D eigenvalue weighted by Crippen LogP contribution is 2.32. The van der Waals surface area contributed by atoms with E-state index in [1.54, 1.807) is 38.4 Å². The van der Waals surface area contributed by atoms with Gasteiger partial charge in [0.15, 0.2) is 6.61 Å². The number of anilines is 1. The Kier molecular flexibility index (Phi) is 5.56. The first-order valence-corrected chi connectivity index (χ1v) is 8.86. The summed E-state index contributed by atoms with van der Waals surface area (Å²) >= 11 is 0. The zero-order valence-electron chi connectivity index (χ0n) is 15.2. The molecule has 0 saturated heterocycles. The van der Waals surface area contributed by atoms with Crippen LogP contribution in [0.4, 0.5) is 5.69 Å². The van der Waals surface area contributed by atoms with E-state index in [9.17, 15) is 9.59 Å². The first-order valence-electron chi connectivity index (χ1n) is 8.86. The zero-order chi connectivity index (χ0) is 18.5. The van der Waals surface area contributed by atoms with Gasteiger partial charge in [-0.15, -0.1) is 0 Å². The van der Waals surface area contributed by atoms with Crippen LogP contribution in [0.25, 0.3) is 0 Å². The van der Waals surface area contributed by atoms with E-state index in [-0.39, 0.29) is 24.3 Å². The minimum Gasteiger partial charge on any atom is -0.484 e. The number of benzene rings is 2. The number of aryl methyl sites for hydroxylation is 1. The smallest absolute Gasteiger partial charge is 0.259 e. The van der Waals surface area contributed by atoms with E-state index in [1.165, 1.54) is 10.5 Å². The van der Waals surface area contributed by atoms with Crippen LogP contribution in [0.1, 0.15) is 29.9 Å². The van der Waals surface area contributed by atoms with E-state index < -0.39 is 0 Å². The Hall–Kier alpha value is -2.82. The third-order valence-electron chi connectivity index (χ3n) is 4.67. The number of carbonyl (C=O) groups excluding carboxylic acids is 2. The van der Waals surface area contributed by atoms with Gasteiger partial charge < -0.3 is 15.0 Å². The van der Waals surface area contributed by atoms with Crippen molar-refractivity contribution in [2.24, 2.45) is 0 Å². The molecular formula is C21H24N2O3. The van der Waals surface area contributed by atoms with Crippen molar-refractivity contribution in [3.63, 3.8) is 0 Å². The minimum atomic E-state index is -0.103. The number of nitrogens with zero attached hydrogens (tertiary/aromatic N) is 1. The third kappa shape index (κ3) is 4.23. The lowest BCUT2D eigenvalue weighted by Crippen LogP contribution is -2.27. The predicted molar refractivity (Wildman–Crippen MR) is 101 cm³/mol.